The largest absolute Gasteiger partial charge is 0.492 e. The molecule has 0 unspecified atom stereocenters. The number of aromatic amines is 1. The zero-order chi connectivity index (χ0) is 21.5. The second-order valence-electron chi connectivity index (χ2n) is 7.20. The van der Waals surface area contributed by atoms with Crippen LogP contribution in [0.1, 0.15) is 33.3 Å². The van der Waals surface area contributed by atoms with Crippen molar-refractivity contribution in [3.8, 4) is 17.6 Å². The number of likely N-dealkylation sites (N-methyl/N-ethyl adjacent to an activating group) is 1. The van der Waals surface area contributed by atoms with E-state index in [9.17, 15) is 9.59 Å². The lowest BCUT2D eigenvalue weighted by Crippen LogP contribution is -2.23. The minimum Gasteiger partial charge on any atom is -0.492 e. The third kappa shape index (κ3) is 5.72. The molecular formula is C24H25N3O3. The summed E-state index contributed by atoms with van der Waals surface area (Å²) in [5.74, 6) is 6.47. The molecule has 1 heterocycles. The fourth-order valence-electron chi connectivity index (χ4n) is 2.82. The predicted molar refractivity (Wildman–Crippen MR) is 118 cm³/mol. The summed E-state index contributed by atoms with van der Waals surface area (Å²) in [6.45, 7) is 3.19. The Kier molecular flexibility index (Phi) is 6.89. The molecule has 0 saturated carbocycles. The van der Waals surface area contributed by atoms with Crippen LogP contribution in [0.3, 0.4) is 0 Å². The molecular weight excluding hydrogens is 378 g/mol. The molecule has 2 N–H and O–H groups in total. The number of ether oxygens (including phenoxy) is 1. The Hall–Kier alpha value is -3.56. The van der Waals surface area contributed by atoms with Crippen molar-refractivity contribution in [1.82, 2.24) is 15.2 Å². The standard InChI is InChI=1S/C24H25N3O3/c1-17(28)19-8-6-18(7-9-19)5-4-12-25-24(29)23-16-20-15-21(10-11-22(20)26-23)30-14-13-27(2)3/h6-11,15-16,26H,12-14H2,1-3H3,(H,25,29). The number of aromatic nitrogens is 1. The van der Waals surface area contributed by atoms with Crippen LogP contribution in [-0.2, 0) is 0 Å². The van der Waals surface area contributed by atoms with Crippen LogP contribution < -0.4 is 10.1 Å². The summed E-state index contributed by atoms with van der Waals surface area (Å²) in [7, 11) is 4.00. The van der Waals surface area contributed by atoms with E-state index < -0.39 is 0 Å². The molecule has 0 aliphatic rings. The number of amides is 1. The van der Waals surface area contributed by atoms with Crippen molar-refractivity contribution >= 4 is 22.6 Å². The zero-order valence-corrected chi connectivity index (χ0v) is 17.4. The van der Waals surface area contributed by atoms with Gasteiger partial charge in [0.15, 0.2) is 5.78 Å². The van der Waals surface area contributed by atoms with Crippen molar-refractivity contribution in [2.75, 3.05) is 33.8 Å². The molecule has 3 rings (SSSR count). The van der Waals surface area contributed by atoms with E-state index in [1.54, 1.807) is 30.3 Å². The Bertz CT molecular complexity index is 1100. The van der Waals surface area contributed by atoms with Gasteiger partial charge in [0, 0.05) is 28.6 Å². The van der Waals surface area contributed by atoms with Gasteiger partial charge in [0.25, 0.3) is 5.91 Å². The van der Waals surface area contributed by atoms with Crippen LogP contribution in [0.4, 0.5) is 0 Å². The quantitative estimate of drug-likeness (QED) is 0.470. The van der Waals surface area contributed by atoms with E-state index in [-0.39, 0.29) is 18.2 Å². The van der Waals surface area contributed by atoms with Crippen LogP contribution >= 0.6 is 0 Å². The number of hydrogen-bond donors (Lipinski definition) is 2. The summed E-state index contributed by atoms with van der Waals surface area (Å²) in [5.41, 5.74) is 2.79. The Labute approximate surface area is 176 Å². The average Bonchev–Trinajstić information content (AvgIpc) is 3.14. The number of carbonyl (C=O) groups is 2. The fourth-order valence-corrected chi connectivity index (χ4v) is 2.82. The highest BCUT2D eigenvalue weighted by molar-refractivity contribution is 5.98. The van der Waals surface area contributed by atoms with Gasteiger partial charge in [-0.2, -0.15) is 0 Å². The molecule has 30 heavy (non-hydrogen) atoms. The molecule has 1 aromatic heterocycles. The first-order valence-corrected chi connectivity index (χ1v) is 9.71. The Balaban J connectivity index is 1.57. The van der Waals surface area contributed by atoms with E-state index >= 15 is 0 Å². The van der Waals surface area contributed by atoms with Crippen molar-refractivity contribution in [2.24, 2.45) is 0 Å². The van der Waals surface area contributed by atoms with Gasteiger partial charge in [0.2, 0.25) is 0 Å². The third-order valence-electron chi connectivity index (χ3n) is 4.51. The molecule has 0 aliphatic heterocycles. The van der Waals surface area contributed by atoms with Gasteiger partial charge in [-0.1, -0.05) is 24.0 Å². The fraction of sp³-hybridized carbons (Fsp3) is 0.250. The number of hydrogen-bond acceptors (Lipinski definition) is 4. The van der Waals surface area contributed by atoms with Gasteiger partial charge in [-0.25, -0.2) is 0 Å². The maximum absolute atomic E-state index is 12.4. The molecule has 0 bridgehead atoms. The van der Waals surface area contributed by atoms with Crippen molar-refractivity contribution in [2.45, 2.75) is 6.92 Å². The molecule has 6 heteroatoms. The number of Topliss-reactive ketones (excluding diaryl/α,β-unsaturated/α-hetero) is 1. The summed E-state index contributed by atoms with van der Waals surface area (Å²) in [5, 5.41) is 3.70. The number of fused-ring (bicyclic) bond motifs is 1. The molecule has 0 saturated heterocycles. The van der Waals surface area contributed by atoms with Crippen molar-refractivity contribution < 1.29 is 14.3 Å². The molecule has 6 nitrogen and oxygen atoms in total. The van der Waals surface area contributed by atoms with Crippen molar-refractivity contribution in [3.63, 3.8) is 0 Å². The minimum atomic E-state index is -0.220. The molecule has 1 amide bonds. The van der Waals surface area contributed by atoms with E-state index in [2.05, 4.69) is 27.0 Å². The van der Waals surface area contributed by atoms with Crippen LogP contribution in [0.25, 0.3) is 10.9 Å². The maximum atomic E-state index is 12.4. The van der Waals surface area contributed by atoms with Gasteiger partial charge in [-0.15, -0.1) is 0 Å². The highest BCUT2D eigenvalue weighted by atomic mass is 16.5. The molecule has 3 aromatic rings. The van der Waals surface area contributed by atoms with Crippen LogP contribution in [0.5, 0.6) is 5.75 Å². The van der Waals surface area contributed by atoms with Gasteiger partial charge in [0.1, 0.15) is 18.1 Å². The SMILES string of the molecule is CC(=O)c1ccc(C#CCNC(=O)c2cc3cc(OCCN(C)C)ccc3[nH]2)cc1. The summed E-state index contributed by atoms with van der Waals surface area (Å²) in [4.78, 5) is 28.9. The molecule has 0 radical (unpaired) electrons. The highest BCUT2D eigenvalue weighted by Gasteiger charge is 2.09. The van der Waals surface area contributed by atoms with Crippen LogP contribution in [0.15, 0.2) is 48.5 Å². The topological polar surface area (TPSA) is 74.4 Å². The molecule has 0 aliphatic carbocycles. The molecule has 0 fully saturated rings. The number of H-pyrrole nitrogens is 1. The van der Waals surface area contributed by atoms with Gasteiger partial charge in [-0.05, 0) is 57.4 Å². The number of nitrogens with one attached hydrogen (secondary N) is 2. The maximum Gasteiger partial charge on any atom is 0.268 e. The number of rotatable bonds is 7. The lowest BCUT2D eigenvalue weighted by molar-refractivity contribution is 0.0953. The van der Waals surface area contributed by atoms with E-state index in [0.717, 1.165) is 28.8 Å². The average molecular weight is 403 g/mol. The van der Waals surface area contributed by atoms with Crippen molar-refractivity contribution in [1.29, 1.82) is 0 Å². The second kappa shape index (κ2) is 9.77. The third-order valence-corrected chi connectivity index (χ3v) is 4.51. The van der Waals surface area contributed by atoms with E-state index in [4.69, 9.17) is 4.74 Å². The Morgan fingerprint density at radius 2 is 1.87 bits per heavy atom. The zero-order valence-electron chi connectivity index (χ0n) is 17.4. The molecule has 154 valence electrons. The minimum absolute atomic E-state index is 0.0207. The van der Waals surface area contributed by atoms with Crippen molar-refractivity contribution in [3.05, 3.63) is 65.4 Å². The Morgan fingerprint density at radius 3 is 2.57 bits per heavy atom. The molecule has 0 atom stereocenters. The number of ketones is 1. The molecule has 0 spiro atoms. The van der Waals surface area contributed by atoms with Gasteiger partial charge in [0.05, 0.1) is 6.54 Å². The van der Waals surface area contributed by atoms with E-state index in [1.807, 2.05) is 32.3 Å². The van der Waals surface area contributed by atoms with Gasteiger partial charge < -0.3 is 19.9 Å². The molecule has 2 aromatic carbocycles. The predicted octanol–water partition coefficient (Wildman–Crippen LogP) is 3.09. The smallest absolute Gasteiger partial charge is 0.268 e. The summed E-state index contributed by atoms with van der Waals surface area (Å²) in [6.07, 6.45) is 0. The first kappa shape index (κ1) is 21.2. The Morgan fingerprint density at radius 1 is 1.10 bits per heavy atom. The monoisotopic (exact) mass is 403 g/mol. The highest BCUT2D eigenvalue weighted by Crippen LogP contribution is 2.21. The summed E-state index contributed by atoms with van der Waals surface area (Å²) < 4.78 is 5.74. The normalized spacial score (nSPS) is 10.5. The van der Waals surface area contributed by atoms with Crippen LogP contribution in [0, 0.1) is 11.8 Å². The summed E-state index contributed by atoms with van der Waals surface area (Å²) >= 11 is 0. The van der Waals surface area contributed by atoms with Crippen LogP contribution in [0.2, 0.25) is 0 Å². The lowest BCUT2D eigenvalue weighted by Gasteiger charge is -2.10. The first-order chi connectivity index (χ1) is 14.4. The van der Waals surface area contributed by atoms with E-state index in [1.165, 1.54) is 6.92 Å². The number of nitrogens with zero attached hydrogens (tertiary/aromatic N) is 1. The number of carbonyl (C=O) groups excluding carboxylic acids is 2. The van der Waals surface area contributed by atoms with Gasteiger partial charge >= 0.3 is 0 Å². The summed E-state index contributed by atoms with van der Waals surface area (Å²) in [6, 6.07) is 14.6. The first-order valence-electron chi connectivity index (χ1n) is 9.71. The number of benzene rings is 2. The van der Waals surface area contributed by atoms with Gasteiger partial charge in [-0.3, -0.25) is 9.59 Å². The van der Waals surface area contributed by atoms with E-state index in [0.29, 0.717) is 17.9 Å². The second-order valence-corrected chi connectivity index (χ2v) is 7.20. The van der Waals surface area contributed by atoms with Crippen LogP contribution in [-0.4, -0.2) is 55.4 Å². The lowest BCUT2D eigenvalue weighted by atomic mass is 10.1.